The molecule has 1 amide bonds. The van der Waals surface area contributed by atoms with E-state index in [4.69, 9.17) is 0 Å². The fourth-order valence-electron chi connectivity index (χ4n) is 3.90. The molecule has 1 fully saturated rings. The number of sulfonamides is 1. The first-order chi connectivity index (χ1) is 15.1. The average Bonchev–Trinajstić information content (AvgIpc) is 2.75. The number of hydrogen-bond acceptors (Lipinski definition) is 4. The van der Waals surface area contributed by atoms with Crippen LogP contribution in [0.15, 0.2) is 41.3 Å². The van der Waals surface area contributed by atoms with E-state index in [1.807, 2.05) is 52.2 Å². The Morgan fingerprint density at radius 1 is 1.09 bits per heavy atom. The highest BCUT2D eigenvalue weighted by Gasteiger charge is 2.30. The Balaban J connectivity index is 1.80. The molecule has 0 saturated carbocycles. The van der Waals surface area contributed by atoms with Gasteiger partial charge in [0.1, 0.15) is 0 Å². The molecule has 32 heavy (non-hydrogen) atoms. The Morgan fingerprint density at radius 3 is 2.31 bits per heavy atom. The Morgan fingerprint density at radius 2 is 1.72 bits per heavy atom. The first-order valence-corrected chi connectivity index (χ1v) is 12.7. The minimum atomic E-state index is -3.64. The Bertz CT molecular complexity index is 1050. The van der Waals surface area contributed by atoms with Gasteiger partial charge < -0.3 is 10.2 Å². The number of hydrogen-bond donors (Lipinski definition) is 1. The number of likely N-dealkylation sites (N-methyl/N-ethyl adjacent to an activating group) is 1. The molecule has 174 valence electrons. The monoisotopic (exact) mass is 457 g/mol. The number of nitrogens with zero attached hydrogens (tertiary/aromatic N) is 2. The van der Waals surface area contributed by atoms with Crippen molar-refractivity contribution in [2.24, 2.45) is 5.92 Å². The van der Waals surface area contributed by atoms with Gasteiger partial charge in [0.05, 0.1) is 4.90 Å². The number of carbonyl (C=O) groups excluding carboxylic acids is 1. The molecular formula is C25H35N3O3S. The van der Waals surface area contributed by atoms with Crippen molar-refractivity contribution in [1.82, 2.24) is 9.21 Å². The second-order valence-electron chi connectivity index (χ2n) is 9.21. The van der Waals surface area contributed by atoms with Crippen molar-refractivity contribution in [3.8, 4) is 0 Å². The number of piperidine rings is 1. The quantitative estimate of drug-likeness (QED) is 0.680. The lowest BCUT2D eigenvalue weighted by Crippen LogP contribution is -2.38. The minimum Gasteiger partial charge on any atom is -0.322 e. The molecule has 3 rings (SSSR count). The van der Waals surface area contributed by atoms with E-state index in [1.54, 1.807) is 10.4 Å². The summed E-state index contributed by atoms with van der Waals surface area (Å²) in [4.78, 5) is 15.3. The summed E-state index contributed by atoms with van der Waals surface area (Å²) >= 11 is 0. The minimum absolute atomic E-state index is 0.233. The van der Waals surface area contributed by atoms with Gasteiger partial charge in [0.2, 0.25) is 10.0 Å². The van der Waals surface area contributed by atoms with Crippen LogP contribution in [0.2, 0.25) is 0 Å². The maximum Gasteiger partial charge on any atom is 0.255 e. The molecule has 0 radical (unpaired) electrons. The van der Waals surface area contributed by atoms with Crippen LogP contribution in [0.5, 0.6) is 0 Å². The molecule has 0 spiro atoms. The predicted molar refractivity (Wildman–Crippen MR) is 130 cm³/mol. The van der Waals surface area contributed by atoms with Crippen LogP contribution in [0.1, 0.15) is 46.8 Å². The number of amides is 1. The molecule has 6 nitrogen and oxygen atoms in total. The van der Waals surface area contributed by atoms with Crippen LogP contribution < -0.4 is 5.32 Å². The van der Waals surface area contributed by atoms with Crippen LogP contribution in [0.3, 0.4) is 0 Å². The summed E-state index contributed by atoms with van der Waals surface area (Å²) in [6.07, 6.45) is 2.67. The second-order valence-corrected chi connectivity index (χ2v) is 11.1. The van der Waals surface area contributed by atoms with Gasteiger partial charge >= 0.3 is 0 Å². The van der Waals surface area contributed by atoms with E-state index >= 15 is 0 Å². The highest BCUT2D eigenvalue weighted by atomic mass is 32.2. The number of carbonyl (C=O) groups is 1. The maximum absolute atomic E-state index is 13.3. The SMILES string of the molecule is Cc1cc(C(=O)Nc2ccc(CCN(C)C)cc2)cc(S(=O)(=O)N2CCC(C)CC2)c1C. The second kappa shape index (κ2) is 10.1. The van der Waals surface area contributed by atoms with E-state index in [1.165, 1.54) is 11.6 Å². The summed E-state index contributed by atoms with van der Waals surface area (Å²) < 4.78 is 28.2. The summed E-state index contributed by atoms with van der Waals surface area (Å²) in [5.74, 6) is 0.230. The van der Waals surface area contributed by atoms with Crippen molar-refractivity contribution in [3.63, 3.8) is 0 Å². The predicted octanol–water partition coefficient (Wildman–Crippen LogP) is 4.08. The molecule has 1 aliphatic rings. The Kier molecular flexibility index (Phi) is 7.75. The van der Waals surface area contributed by atoms with Crippen molar-refractivity contribution < 1.29 is 13.2 Å². The molecule has 1 N–H and O–H groups in total. The van der Waals surface area contributed by atoms with Gasteiger partial charge in [-0.1, -0.05) is 19.1 Å². The lowest BCUT2D eigenvalue weighted by molar-refractivity contribution is 0.102. The molecule has 1 saturated heterocycles. The lowest BCUT2D eigenvalue weighted by atomic mass is 10.0. The highest BCUT2D eigenvalue weighted by Crippen LogP contribution is 2.28. The van der Waals surface area contributed by atoms with Crippen molar-refractivity contribution >= 4 is 21.6 Å². The molecule has 0 aliphatic carbocycles. The Labute approximate surface area is 192 Å². The molecule has 0 atom stereocenters. The fraction of sp³-hybridized carbons (Fsp3) is 0.480. The zero-order valence-electron chi connectivity index (χ0n) is 19.8. The highest BCUT2D eigenvalue weighted by molar-refractivity contribution is 7.89. The summed E-state index contributed by atoms with van der Waals surface area (Å²) in [7, 11) is 0.443. The van der Waals surface area contributed by atoms with Gasteiger partial charge in [0.25, 0.3) is 5.91 Å². The first-order valence-electron chi connectivity index (χ1n) is 11.2. The Hall–Kier alpha value is -2.22. The van der Waals surface area contributed by atoms with Crippen LogP contribution in [-0.4, -0.2) is 57.3 Å². The summed E-state index contributed by atoms with van der Waals surface area (Å²) in [6.45, 7) is 7.82. The number of anilines is 1. The van der Waals surface area contributed by atoms with E-state index in [0.717, 1.165) is 31.4 Å². The molecule has 7 heteroatoms. The van der Waals surface area contributed by atoms with E-state index < -0.39 is 10.0 Å². The van der Waals surface area contributed by atoms with Gasteiger partial charge in [0.15, 0.2) is 0 Å². The molecule has 2 aromatic carbocycles. The fourth-order valence-corrected chi connectivity index (χ4v) is 5.69. The largest absolute Gasteiger partial charge is 0.322 e. The van der Waals surface area contributed by atoms with E-state index in [9.17, 15) is 13.2 Å². The molecule has 2 aromatic rings. The molecule has 1 heterocycles. The third-order valence-electron chi connectivity index (χ3n) is 6.30. The lowest BCUT2D eigenvalue weighted by Gasteiger charge is -2.30. The van der Waals surface area contributed by atoms with Gasteiger partial charge in [-0.05, 0) is 94.1 Å². The van der Waals surface area contributed by atoms with E-state index in [2.05, 4.69) is 17.1 Å². The number of nitrogens with one attached hydrogen (secondary N) is 1. The van der Waals surface area contributed by atoms with Crippen LogP contribution in [-0.2, 0) is 16.4 Å². The third-order valence-corrected chi connectivity index (χ3v) is 8.33. The van der Waals surface area contributed by atoms with E-state index in [-0.39, 0.29) is 10.8 Å². The van der Waals surface area contributed by atoms with Crippen molar-refractivity contribution in [2.45, 2.75) is 44.9 Å². The average molecular weight is 458 g/mol. The smallest absolute Gasteiger partial charge is 0.255 e. The zero-order valence-corrected chi connectivity index (χ0v) is 20.6. The molecule has 0 unspecified atom stereocenters. The number of rotatable bonds is 7. The van der Waals surface area contributed by atoms with Gasteiger partial charge in [0, 0.05) is 30.9 Å². The normalized spacial score (nSPS) is 15.8. The molecular weight excluding hydrogens is 422 g/mol. The standard InChI is InChI=1S/C25H35N3O3S/c1-18-10-14-28(15-11-18)32(30,31)24-17-22(16-19(2)20(24)3)25(29)26-23-8-6-21(7-9-23)12-13-27(4)5/h6-9,16-18H,10-15H2,1-5H3,(H,26,29). The summed E-state index contributed by atoms with van der Waals surface area (Å²) in [5, 5.41) is 2.90. The van der Waals surface area contributed by atoms with Crippen LogP contribution in [0.25, 0.3) is 0 Å². The summed E-state index contributed by atoms with van der Waals surface area (Å²) in [5.41, 5.74) is 3.74. The van der Waals surface area contributed by atoms with Crippen molar-refractivity contribution in [2.75, 3.05) is 39.0 Å². The van der Waals surface area contributed by atoms with Gasteiger partial charge in [-0.15, -0.1) is 0 Å². The van der Waals surface area contributed by atoms with E-state index in [0.29, 0.717) is 35.8 Å². The molecule has 1 aliphatic heterocycles. The first kappa shape index (κ1) is 24.4. The topological polar surface area (TPSA) is 69.7 Å². The number of aryl methyl sites for hydroxylation is 1. The van der Waals surface area contributed by atoms with Gasteiger partial charge in [-0.2, -0.15) is 4.31 Å². The molecule has 0 bridgehead atoms. The van der Waals surface area contributed by atoms with Crippen molar-refractivity contribution in [1.29, 1.82) is 0 Å². The maximum atomic E-state index is 13.3. The van der Waals surface area contributed by atoms with Gasteiger partial charge in [-0.3, -0.25) is 4.79 Å². The van der Waals surface area contributed by atoms with Crippen LogP contribution in [0.4, 0.5) is 5.69 Å². The summed E-state index contributed by atoms with van der Waals surface area (Å²) in [6, 6.07) is 11.1. The molecule has 0 aromatic heterocycles. The zero-order chi connectivity index (χ0) is 23.5. The van der Waals surface area contributed by atoms with Crippen LogP contribution in [0, 0.1) is 19.8 Å². The van der Waals surface area contributed by atoms with Gasteiger partial charge in [-0.25, -0.2) is 8.42 Å². The third kappa shape index (κ3) is 5.77. The van der Waals surface area contributed by atoms with Crippen molar-refractivity contribution in [3.05, 3.63) is 58.7 Å². The number of benzene rings is 2. The van der Waals surface area contributed by atoms with Crippen LogP contribution >= 0.6 is 0 Å².